The van der Waals surface area contributed by atoms with E-state index in [1.54, 1.807) is 0 Å². The number of amides is 1. The molecule has 20 heavy (non-hydrogen) atoms. The molecule has 4 heteroatoms. The van der Waals surface area contributed by atoms with Gasteiger partial charge in [-0.15, -0.1) is 11.3 Å². The van der Waals surface area contributed by atoms with Gasteiger partial charge in [-0.1, -0.05) is 25.7 Å². The molecule has 1 aliphatic carbocycles. The van der Waals surface area contributed by atoms with E-state index in [2.05, 4.69) is 31.0 Å². The smallest absolute Gasteiger partial charge is 0.252 e. The lowest BCUT2D eigenvalue weighted by atomic mass is 9.92. The van der Waals surface area contributed by atoms with Gasteiger partial charge in [-0.25, -0.2) is 0 Å². The van der Waals surface area contributed by atoms with Crippen LogP contribution in [0.5, 0.6) is 0 Å². The molecule has 0 unspecified atom stereocenters. The minimum atomic E-state index is -0.0108. The van der Waals surface area contributed by atoms with E-state index in [0.29, 0.717) is 23.3 Å². The van der Waals surface area contributed by atoms with Crippen molar-refractivity contribution in [3.8, 4) is 11.8 Å². The summed E-state index contributed by atoms with van der Waals surface area (Å²) in [6.45, 7) is 5.28. The maximum Gasteiger partial charge on any atom is 0.252 e. The Morgan fingerprint density at radius 2 is 2.30 bits per heavy atom. The monoisotopic (exact) mass is 291 g/mol. The largest absolute Gasteiger partial charge is 0.395 e. The molecule has 1 saturated carbocycles. The van der Waals surface area contributed by atoms with Crippen LogP contribution in [0.4, 0.5) is 0 Å². The maximum atomic E-state index is 12.1. The molecule has 1 aliphatic rings. The molecular weight excluding hydrogens is 270 g/mol. The van der Waals surface area contributed by atoms with Gasteiger partial charge in [-0.2, -0.15) is 0 Å². The van der Waals surface area contributed by atoms with E-state index in [9.17, 15) is 4.79 Å². The summed E-state index contributed by atoms with van der Waals surface area (Å²) >= 11 is 1.47. The Hall–Kier alpha value is -1.31. The summed E-state index contributed by atoms with van der Waals surface area (Å²) in [6, 6.07) is 1.82. The van der Waals surface area contributed by atoms with E-state index in [-0.39, 0.29) is 12.5 Å². The summed E-state index contributed by atoms with van der Waals surface area (Å²) in [7, 11) is 0. The van der Waals surface area contributed by atoms with Crippen LogP contribution in [0.3, 0.4) is 0 Å². The molecule has 0 spiro atoms. The Labute approximate surface area is 124 Å². The molecule has 0 radical (unpaired) electrons. The molecule has 0 bridgehead atoms. The zero-order chi connectivity index (χ0) is 14.6. The Morgan fingerprint density at radius 3 is 2.90 bits per heavy atom. The lowest BCUT2D eigenvalue weighted by molar-refractivity contribution is 0.0940. The van der Waals surface area contributed by atoms with Gasteiger partial charge in [0.2, 0.25) is 0 Å². The van der Waals surface area contributed by atoms with Crippen molar-refractivity contribution in [2.75, 3.05) is 13.2 Å². The third-order valence-corrected chi connectivity index (χ3v) is 4.87. The quantitative estimate of drug-likeness (QED) is 0.819. The second kappa shape index (κ2) is 6.43. The summed E-state index contributed by atoms with van der Waals surface area (Å²) in [4.78, 5) is 13.0. The number of hydrogen-bond donors (Lipinski definition) is 2. The van der Waals surface area contributed by atoms with E-state index in [1.165, 1.54) is 24.2 Å². The van der Waals surface area contributed by atoms with E-state index < -0.39 is 0 Å². The maximum absolute atomic E-state index is 12.1. The van der Waals surface area contributed by atoms with Gasteiger partial charge in [-0.05, 0) is 30.2 Å². The first-order valence-electron chi connectivity index (χ1n) is 7.04. The van der Waals surface area contributed by atoms with Crippen LogP contribution in [-0.2, 0) is 0 Å². The number of aliphatic hydroxyl groups excluding tert-OH is 1. The van der Waals surface area contributed by atoms with Crippen molar-refractivity contribution < 1.29 is 9.90 Å². The van der Waals surface area contributed by atoms with Crippen LogP contribution in [0.2, 0.25) is 0 Å². The van der Waals surface area contributed by atoms with Gasteiger partial charge in [0, 0.05) is 18.3 Å². The molecule has 2 N–H and O–H groups in total. The zero-order valence-corrected chi connectivity index (χ0v) is 12.8. The highest BCUT2D eigenvalue weighted by Crippen LogP contribution is 2.51. The minimum Gasteiger partial charge on any atom is -0.395 e. The van der Waals surface area contributed by atoms with Gasteiger partial charge in [0.25, 0.3) is 5.91 Å². The molecule has 0 aromatic carbocycles. The first-order valence-corrected chi connectivity index (χ1v) is 7.92. The number of hydrogen-bond acceptors (Lipinski definition) is 3. The highest BCUT2D eigenvalue weighted by molar-refractivity contribution is 7.10. The molecule has 3 nitrogen and oxygen atoms in total. The van der Waals surface area contributed by atoms with Crippen LogP contribution in [0.25, 0.3) is 0 Å². The van der Waals surface area contributed by atoms with E-state index >= 15 is 0 Å². The van der Waals surface area contributed by atoms with Crippen molar-refractivity contribution >= 4 is 17.2 Å². The predicted molar refractivity (Wildman–Crippen MR) is 81.7 cm³/mol. The van der Waals surface area contributed by atoms with Crippen molar-refractivity contribution in [1.82, 2.24) is 5.32 Å². The molecule has 0 saturated heterocycles. The number of aliphatic hydroxyl groups is 1. The molecule has 0 atom stereocenters. The van der Waals surface area contributed by atoms with Crippen molar-refractivity contribution in [2.24, 2.45) is 11.3 Å². The average Bonchev–Trinajstić information content (AvgIpc) is 3.08. The fourth-order valence-corrected chi connectivity index (χ4v) is 2.96. The summed E-state index contributed by atoms with van der Waals surface area (Å²) in [5.41, 5.74) is 1.01. The van der Waals surface area contributed by atoms with Gasteiger partial charge < -0.3 is 10.4 Å². The van der Waals surface area contributed by atoms with Crippen LogP contribution >= 0.6 is 11.3 Å². The lowest BCUT2D eigenvalue weighted by Gasteiger charge is -2.19. The molecule has 2 rings (SSSR count). The number of carbonyl (C=O) groups excluding carboxylic acids is 1. The second-order valence-electron chi connectivity index (χ2n) is 5.67. The Kier molecular flexibility index (Phi) is 4.85. The average molecular weight is 291 g/mol. The molecular formula is C16H21NO2S. The van der Waals surface area contributed by atoms with Gasteiger partial charge >= 0.3 is 0 Å². The fourth-order valence-electron chi connectivity index (χ4n) is 2.20. The van der Waals surface area contributed by atoms with Gasteiger partial charge in [0.15, 0.2) is 0 Å². The highest BCUT2D eigenvalue weighted by atomic mass is 32.1. The van der Waals surface area contributed by atoms with Gasteiger partial charge in [0.1, 0.15) is 0 Å². The van der Waals surface area contributed by atoms with Gasteiger partial charge in [-0.3, -0.25) is 4.79 Å². The molecule has 1 fully saturated rings. The Morgan fingerprint density at radius 1 is 1.55 bits per heavy atom. The van der Waals surface area contributed by atoms with Crippen LogP contribution < -0.4 is 5.32 Å². The first kappa shape index (κ1) is 15.1. The van der Waals surface area contributed by atoms with Crippen LogP contribution in [-0.4, -0.2) is 24.2 Å². The Bertz CT molecular complexity index is 532. The first-order chi connectivity index (χ1) is 9.57. The third kappa shape index (κ3) is 3.62. The van der Waals surface area contributed by atoms with Crippen LogP contribution in [0.1, 0.15) is 48.3 Å². The molecule has 1 aromatic heterocycles. The van der Waals surface area contributed by atoms with Gasteiger partial charge in [0.05, 0.1) is 17.0 Å². The fraction of sp³-hybridized carbons (Fsp3) is 0.562. The number of rotatable bonds is 5. The summed E-state index contributed by atoms with van der Waals surface area (Å²) in [6.07, 6.45) is 2.90. The van der Waals surface area contributed by atoms with Crippen LogP contribution in [0.15, 0.2) is 11.4 Å². The van der Waals surface area contributed by atoms with E-state index in [1.807, 2.05) is 11.4 Å². The van der Waals surface area contributed by atoms with Crippen molar-refractivity contribution in [1.29, 1.82) is 0 Å². The van der Waals surface area contributed by atoms with Crippen molar-refractivity contribution in [2.45, 2.75) is 33.1 Å². The Balaban J connectivity index is 1.89. The number of carbonyl (C=O) groups is 1. The van der Waals surface area contributed by atoms with Crippen molar-refractivity contribution in [3.05, 3.63) is 21.9 Å². The normalized spacial score (nSPS) is 15.6. The summed E-state index contributed by atoms with van der Waals surface area (Å²) in [5.74, 6) is 6.42. The minimum absolute atomic E-state index is 0.0108. The molecule has 108 valence electrons. The van der Waals surface area contributed by atoms with Crippen molar-refractivity contribution in [3.63, 3.8) is 0 Å². The van der Waals surface area contributed by atoms with E-state index in [4.69, 9.17) is 5.11 Å². The predicted octanol–water partition coefficient (Wildman–Crippen LogP) is 2.65. The van der Waals surface area contributed by atoms with Crippen LogP contribution in [0, 0.1) is 23.2 Å². The standard InChI is InChI=1S/C16H21NO2S/c1-12(2)16(6-7-16)11-17-15(19)13-9-14(20-10-13)5-3-4-8-18/h9-10,12,18H,4,6-8,11H2,1-2H3,(H,17,19). The highest BCUT2D eigenvalue weighted by Gasteiger charge is 2.45. The topological polar surface area (TPSA) is 49.3 Å². The number of nitrogens with one attached hydrogen (secondary N) is 1. The SMILES string of the molecule is CC(C)C1(CNC(=O)c2csc(C#CCCO)c2)CC1. The zero-order valence-electron chi connectivity index (χ0n) is 12.0. The molecule has 1 amide bonds. The molecule has 1 aromatic rings. The number of thiophene rings is 1. The summed E-state index contributed by atoms with van der Waals surface area (Å²) in [5, 5.41) is 13.6. The second-order valence-corrected chi connectivity index (χ2v) is 6.59. The lowest BCUT2D eigenvalue weighted by Crippen LogP contribution is -2.32. The third-order valence-electron chi connectivity index (χ3n) is 4.03. The summed E-state index contributed by atoms with van der Waals surface area (Å²) < 4.78 is 0. The van der Waals surface area contributed by atoms with E-state index in [0.717, 1.165) is 11.4 Å². The molecule has 0 aliphatic heterocycles. The molecule has 1 heterocycles.